The van der Waals surface area contributed by atoms with E-state index in [2.05, 4.69) is 5.32 Å². The molecule has 35 heavy (non-hydrogen) atoms. The van der Waals surface area contributed by atoms with Gasteiger partial charge in [-0.3, -0.25) is 14.4 Å². The van der Waals surface area contributed by atoms with Crippen molar-refractivity contribution in [3.05, 3.63) is 59.7 Å². The van der Waals surface area contributed by atoms with E-state index in [-0.39, 0.29) is 36.0 Å². The van der Waals surface area contributed by atoms with Gasteiger partial charge in [0, 0.05) is 43.3 Å². The summed E-state index contributed by atoms with van der Waals surface area (Å²) >= 11 is 0. The van der Waals surface area contributed by atoms with E-state index in [4.69, 9.17) is 4.74 Å². The first-order valence-electron chi connectivity index (χ1n) is 12.1. The summed E-state index contributed by atoms with van der Waals surface area (Å²) in [5, 5.41) is 2.90. The van der Waals surface area contributed by atoms with Gasteiger partial charge in [0.2, 0.25) is 17.7 Å². The fourth-order valence-electron chi connectivity index (χ4n) is 4.62. The van der Waals surface area contributed by atoms with Gasteiger partial charge in [-0.25, -0.2) is 4.79 Å². The predicted octanol–water partition coefficient (Wildman–Crippen LogP) is 3.40. The molecule has 2 fully saturated rings. The number of aryl methyl sites for hydroxylation is 1. The van der Waals surface area contributed by atoms with Crippen molar-refractivity contribution in [1.29, 1.82) is 0 Å². The summed E-state index contributed by atoms with van der Waals surface area (Å²) in [6, 6.07) is 14.3. The van der Waals surface area contributed by atoms with Gasteiger partial charge >= 0.3 is 5.97 Å². The number of carbonyl (C=O) groups is 4. The van der Waals surface area contributed by atoms with Crippen LogP contribution in [0.25, 0.3) is 0 Å². The molecule has 2 heterocycles. The zero-order valence-corrected chi connectivity index (χ0v) is 20.2. The second kappa shape index (κ2) is 10.7. The van der Waals surface area contributed by atoms with Crippen LogP contribution in [-0.2, 0) is 19.1 Å². The van der Waals surface area contributed by atoms with Crippen molar-refractivity contribution in [3.8, 4) is 0 Å². The Hall–Kier alpha value is -3.68. The molecule has 0 aliphatic carbocycles. The van der Waals surface area contributed by atoms with Crippen LogP contribution in [0, 0.1) is 18.8 Å². The lowest BCUT2D eigenvalue weighted by Gasteiger charge is -2.33. The normalized spacial score (nSPS) is 18.5. The van der Waals surface area contributed by atoms with Gasteiger partial charge in [-0.15, -0.1) is 0 Å². The first-order chi connectivity index (χ1) is 16.9. The van der Waals surface area contributed by atoms with E-state index in [0.717, 1.165) is 11.3 Å². The Morgan fingerprint density at radius 2 is 1.63 bits per heavy atom. The summed E-state index contributed by atoms with van der Waals surface area (Å²) in [7, 11) is 0. The minimum Gasteiger partial charge on any atom is -0.462 e. The van der Waals surface area contributed by atoms with Gasteiger partial charge in [0.1, 0.15) is 0 Å². The zero-order chi connectivity index (χ0) is 24.9. The van der Waals surface area contributed by atoms with E-state index < -0.39 is 5.97 Å². The second-order valence-electron chi connectivity index (χ2n) is 9.13. The topological polar surface area (TPSA) is 96.0 Å². The highest BCUT2D eigenvalue weighted by Gasteiger charge is 2.38. The highest BCUT2D eigenvalue weighted by Crippen LogP contribution is 2.28. The smallest absolute Gasteiger partial charge is 0.338 e. The summed E-state index contributed by atoms with van der Waals surface area (Å²) in [5.41, 5.74) is 2.99. The molecular weight excluding hydrogens is 446 g/mol. The molecule has 0 bridgehead atoms. The predicted molar refractivity (Wildman–Crippen MR) is 132 cm³/mol. The molecule has 8 nitrogen and oxygen atoms in total. The van der Waals surface area contributed by atoms with E-state index in [1.54, 1.807) is 41.0 Å². The quantitative estimate of drug-likeness (QED) is 0.644. The number of carbonyl (C=O) groups excluding carboxylic acids is 4. The third-order valence-electron chi connectivity index (χ3n) is 6.66. The molecule has 4 rings (SSSR count). The number of piperidine rings is 1. The Kier molecular flexibility index (Phi) is 7.48. The van der Waals surface area contributed by atoms with Gasteiger partial charge in [-0.1, -0.05) is 17.7 Å². The number of benzene rings is 2. The number of amides is 3. The van der Waals surface area contributed by atoms with E-state index in [1.807, 2.05) is 31.2 Å². The van der Waals surface area contributed by atoms with Crippen LogP contribution in [-0.4, -0.2) is 54.8 Å². The van der Waals surface area contributed by atoms with E-state index >= 15 is 0 Å². The van der Waals surface area contributed by atoms with Crippen molar-refractivity contribution in [2.45, 2.75) is 33.1 Å². The van der Waals surface area contributed by atoms with Crippen LogP contribution in [0.1, 0.15) is 42.1 Å². The molecule has 2 aromatic carbocycles. The summed E-state index contributed by atoms with van der Waals surface area (Å²) < 4.78 is 4.97. The number of hydrogen-bond donors (Lipinski definition) is 1. The van der Waals surface area contributed by atoms with Crippen molar-refractivity contribution in [1.82, 2.24) is 4.90 Å². The molecule has 0 spiro atoms. The first-order valence-corrected chi connectivity index (χ1v) is 12.1. The van der Waals surface area contributed by atoms with E-state index in [0.29, 0.717) is 50.3 Å². The van der Waals surface area contributed by atoms with Crippen molar-refractivity contribution in [2.75, 3.05) is 36.5 Å². The summed E-state index contributed by atoms with van der Waals surface area (Å²) in [5.74, 6) is -1.09. The Balaban J connectivity index is 1.27. The monoisotopic (exact) mass is 477 g/mol. The number of nitrogens with one attached hydrogen (secondary N) is 1. The molecule has 0 aromatic heterocycles. The summed E-state index contributed by atoms with van der Waals surface area (Å²) in [6.45, 7) is 5.43. The number of anilines is 2. The molecule has 0 radical (unpaired) electrons. The molecule has 2 aromatic rings. The van der Waals surface area contributed by atoms with Crippen LogP contribution in [0.3, 0.4) is 0 Å². The second-order valence-corrected chi connectivity index (χ2v) is 9.13. The maximum absolute atomic E-state index is 13.1. The molecule has 1 atom stereocenters. The maximum atomic E-state index is 13.1. The average Bonchev–Trinajstić information content (AvgIpc) is 3.26. The molecule has 184 valence electrons. The Bertz CT molecular complexity index is 1090. The van der Waals surface area contributed by atoms with Gasteiger partial charge < -0.3 is 19.9 Å². The average molecular weight is 478 g/mol. The largest absolute Gasteiger partial charge is 0.462 e. The molecule has 3 amide bonds. The van der Waals surface area contributed by atoms with Gasteiger partial charge in [0.15, 0.2) is 0 Å². The van der Waals surface area contributed by atoms with Gasteiger partial charge in [0.05, 0.1) is 18.1 Å². The number of hydrogen-bond acceptors (Lipinski definition) is 5. The molecule has 0 saturated carbocycles. The van der Waals surface area contributed by atoms with Gasteiger partial charge in [-0.05, 0) is 63.1 Å². The highest BCUT2D eigenvalue weighted by atomic mass is 16.5. The summed E-state index contributed by atoms with van der Waals surface area (Å²) in [4.78, 5) is 53.6. The standard InChI is InChI=1S/C27H31N3O5/c1-3-35-27(34)20-6-8-22(9-7-20)28-25(32)19-12-14-29(15-13-19)26(33)21-16-24(31)30(17-21)23-10-4-18(2)5-11-23/h4-11,19,21H,3,12-17H2,1-2H3,(H,28,32). The number of rotatable bonds is 6. The fourth-order valence-corrected chi connectivity index (χ4v) is 4.62. The Morgan fingerprint density at radius 1 is 0.971 bits per heavy atom. The molecular formula is C27H31N3O5. The molecule has 1 unspecified atom stereocenters. The maximum Gasteiger partial charge on any atom is 0.338 e. The van der Waals surface area contributed by atoms with Crippen LogP contribution >= 0.6 is 0 Å². The lowest BCUT2D eigenvalue weighted by atomic mass is 9.94. The van der Waals surface area contributed by atoms with Crippen molar-refractivity contribution >= 4 is 35.1 Å². The first kappa shape index (κ1) is 24.4. The van der Waals surface area contributed by atoms with Gasteiger partial charge in [-0.2, -0.15) is 0 Å². The molecule has 8 heteroatoms. The van der Waals surface area contributed by atoms with E-state index in [1.165, 1.54) is 0 Å². The fraction of sp³-hybridized carbons (Fsp3) is 0.407. The van der Waals surface area contributed by atoms with Crippen LogP contribution < -0.4 is 10.2 Å². The van der Waals surface area contributed by atoms with Crippen LogP contribution in [0.2, 0.25) is 0 Å². The molecule has 2 saturated heterocycles. The minimum absolute atomic E-state index is 0.0126. The molecule has 2 aliphatic rings. The lowest BCUT2D eigenvalue weighted by Crippen LogP contribution is -2.44. The van der Waals surface area contributed by atoms with Crippen molar-refractivity contribution < 1.29 is 23.9 Å². The molecule has 1 N–H and O–H groups in total. The Labute approximate surface area is 205 Å². The third-order valence-corrected chi connectivity index (χ3v) is 6.66. The van der Waals surface area contributed by atoms with Crippen LogP contribution in [0.15, 0.2) is 48.5 Å². The molecule has 2 aliphatic heterocycles. The lowest BCUT2D eigenvalue weighted by molar-refractivity contribution is -0.138. The van der Waals surface area contributed by atoms with Crippen LogP contribution in [0.5, 0.6) is 0 Å². The Morgan fingerprint density at radius 3 is 2.26 bits per heavy atom. The number of likely N-dealkylation sites (tertiary alicyclic amines) is 1. The third kappa shape index (κ3) is 5.70. The summed E-state index contributed by atoms with van der Waals surface area (Å²) in [6.07, 6.45) is 1.36. The number of esters is 1. The number of nitrogens with zero attached hydrogens (tertiary/aromatic N) is 2. The SMILES string of the molecule is CCOC(=O)c1ccc(NC(=O)C2CCN(C(=O)C3CC(=O)N(c4ccc(C)cc4)C3)CC2)cc1. The minimum atomic E-state index is -0.395. The highest BCUT2D eigenvalue weighted by molar-refractivity contribution is 6.00. The zero-order valence-electron chi connectivity index (χ0n) is 20.2. The van der Waals surface area contributed by atoms with Crippen LogP contribution in [0.4, 0.5) is 11.4 Å². The van der Waals surface area contributed by atoms with E-state index in [9.17, 15) is 19.2 Å². The van der Waals surface area contributed by atoms with Crippen molar-refractivity contribution in [2.24, 2.45) is 11.8 Å². The number of ether oxygens (including phenoxy) is 1. The van der Waals surface area contributed by atoms with Crippen molar-refractivity contribution in [3.63, 3.8) is 0 Å². The van der Waals surface area contributed by atoms with Gasteiger partial charge in [0.25, 0.3) is 0 Å².